The molecule has 1 fully saturated rings. The van der Waals surface area contributed by atoms with Gasteiger partial charge in [0.15, 0.2) is 0 Å². The Balaban J connectivity index is 2.07. The summed E-state index contributed by atoms with van der Waals surface area (Å²) in [5.41, 5.74) is 1.17. The van der Waals surface area contributed by atoms with Gasteiger partial charge >= 0.3 is 5.97 Å². The number of carbonyl (C=O) groups is 1. The Kier molecular flexibility index (Phi) is 4.02. The highest BCUT2D eigenvalue weighted by Gasteiger charge is 2.34. The van der Waals surface area contributed by atoms with Gasteiger partial charge in [-0.25, -0.2) is 14.8 Å². The summed E-state index contributed by atoms with van der Waals surface area (Å²) < 4.78 is 4.65. The first-order valence-electron chi connectivity index (χ1n) is 6.76. The van der Waals surface area contributed by atoms with Crippen LogP contribution < -0.4 is 5.32 Å². The molecule has 5 nitrogen and oxygen atoms in total. The number of esters is 1. The normalized spacial score (nSPS) is 16.6. The molecule has 1 aliphatic carbocycles. The highest BCUT2D eigenvalue weighted by atomic mass is 16.5. The molecule has 0 atom stereocenters. The van der Waals surface area contributed by atoms with E-state index in [9.17, 15) is 4.79 Å². The molecule has 0 saturated heterocycles. The van der Waals surface area contributed by atoms with Crippen LogP contribution in [0.2, 0.25) is 0 Å². The molecule has 0 bridgehead atoms. The van der Waals surface area contributed by atoms with Gasteiger partial charge in [-0.1, -0.05) is 13.3 Å². The summed E-state index contributed by atoms with van der Waals surface area (Å²) in [7, 11) is 1.33. The second-order valence-electron chi connectivity index (χ2n) is 5.27. The fourth-order valence-electron chi connectivity index (χ4n) is 2.45. The smallest absolute Gasteiger partial charge is 0.376 e. The number of ether oxygens (including phenoxy) is 1. The van der Waals surface area contributed by atoms with Gasteiger partial charge in [0, 0.05) is 18.3 Å². The highest BCUT2D eigenvalue weighted by Crippen LogP contribution is 2.43. The number of carbonyl (C=O) groups excluding carboxylic acids is 1. The summed E-state index contributed by atoms with van der Waals surface area (Å²) in [6.45, 7) is 4.98. The standard InChI is InChI=1S/C14H21N3O2/c1-4-14(6-5-7-14)9-15-11-8-10(2)16-12(17-11)13(18)19-3/h8H,4-7,9H2,1-3H3,(H,15,16,17). The van der Waals surface area contributed by atoms with Crippen LogP contribution in [0.5, 0.6) is 0 Å². The zero-order valence-electron chi connectivity index (χ0n) is 11.8. The molecule has 0 aromatic carbocycles. The van der Waals surface area contributed by atoms with Gasteiger partial charge in [-0.3, -0.25) is 0 Å². The van der Waals surface area contributed by atoms with Crippen LogP contribution in [0.25, 0.3) is 0 Å². The Morgan fingerprint density at radius 1 is 1.47 bits per heavy atom. The van der Waals surface area contributed by atoms with Gasteiger partial charge in [0.25, 0.3) is 0 Å². The molecule has 1 saturated carbocycles. The lowest BCUT2D eigenvalue weighted by Gasteiger charge is -2.41. The largest absolute Gasteiger partial charge is 0.463 e. The van der Waals surface area contributed by atoms with Gasteiger partial charge in [0.2, 0.25) is 5.82 Å². The lowest BCUT2D eigenvalue weighted by Crippen LogP contribution is -2.36. The number of hydrogen-bond acceptors (Lipinski definition) is 5. The minimum atomic E-state index is -0.499. The van der Waals surface area contributed by atoms with Gasteiger partial charge in [-0.05, 0) is 31.6 Å². The summed E-state index contributed by atoms with van der Waals surface area (Å²) in [5.74, 6) is 0.317. The van der Waals surface area contributed by atoms with Crippen LogP contribution in [-0.2, 0) is 4.74 Å². The van der Waals surface area contributed by atoms with Crippen molar-refractivity contribution in [3.8, 4) is 0 Å². The maximum atomic E-state index is 11.5. The molecular weight excluding hydrogens is 242 g/mol. The third-order valence-electron chi connectivity index (χ3n) is 4.03. The predicted molar refractivity (Wildman–Crippen MR) is 73.2 cm³/mol. The number of nitrogens with zero attached hydrogens (tertiary/aromatic N) is 2. The second kappa shape index (κ2) is 5.55. The molecule has 0 aliphatic heterocycles. The number of hydrogen-bond donors (Lipinski definition) is 1. The van der Waals surface area contributed by atoms with Crippen LogP contribution in [-0.4, -0.2) is 29.6 Å². The van der Waals surface area contributed by atoms with E-state index < -0.39 is 5.97 Å². The quantitative estimate of drug-likeness (QED) is 0.827. The van der Waals surface area contributed by atoms with Gasteiger partial charge in [0.1, 0.15) is 5.82 Å². The number of anilines is 1. The van der Waals surface area contributed by atoms with E-state index in [1.807, 2.05) is 13.0 Å². The maximum Gasteiger partial charge on any atom is 0.376 e. The van der Waals surface area contributed by atoms with Crippen LogP contribution in [0.1, 0.15) is 48.9 Å². The van der Waals surface area contributed by atoms with Crippen LogP contribution in [0, 0.1) is 12.3 Å². The maximum absolute atomic E-state index is 11.5. The van der Waals surface area contributed by atoms with Crippen LogP contribution in [0.15, 0.2) is 6.07 Å². The van der Waals surface area contributed by atoms with Crippen molar-refractivity contribution in [2.24, 2.45) is 5.41 Å². The molecular formula is C14H21N3O2. The van der Waals surface area contributed by atoms with Crippen molar-refractivity contribution in [3.05, 3.63) is 17.6 Å². The van der Waals surface area contributed by atoms with Gasteiger partial charge in [0.05, 0.1) is 7.11 Å². The van der Waals surface area contributed by atoms with E-state index in [0.29, 0.717) is 11.2 Å². The minimum Gasteiger partial charge on any atom is -0.463 e. The summed E-state index contributed by atoms with van der Waals surface area (Å²) in [6, 6.07) is 1.86. The first kappa shape index (κ1) is 13.8. The van der Waals surface area contributed by atoms with E-state index in [1.165, 1.54) is 32.8 Å². The molecule has 104 valence electrons. The fraction of sp³-hybridized carbons (Fsp3) is 0.643. The predicted octanol–water partition coefficient (Wildman–Crippen LogP) is 2.56. The van der Waals surface area contributed by atoms with Crippen molar-refractivity contribution in [2.45, 2.75) is 39.5 Å². The molecule has 1 aromatic rings. The first-order chi connectivity index (χ1) is 9.08. The second-order valence-corrected chi connectivity index (χ2v) is 5.27. The number of methoxy groups -OCH3 is 1. The molecule has 0 unspecified atom stereocenters. The van der Waals surface area contributed by atoms with Crippen LogP contribution >= 0.6 is 0 Å². The number of aryl methyl sites for hydroxylation is 1. The monoisotopic (exact) mass is 263 g/mol. The molecule has 0 radical (unpaired) electrons. The van der Waals surface area contributed by atoms with Crippen molar-refractivity contribution in [1.82, 2.24) is 9.97 Å². The summed E-state index contributed by atoms with van der Waals surface area (Å²) in [4.78, 5) is 19.7. The van der Waals surface area contributed by atoms with E-state index in [-0.39, 0.29) is 5.82 Å². The van der Waals surface area contributed by atoms with Crippen molar-refractivity contribution < 1.29 is 9.53 Å². The molecule has 1 aliphatic rings. The summed E-state index contributed by atoms with van der Waals surface area (Å²) >= 11 is 0. The Morgan fingerprint density at radius 3 is 2.74 bits per heavy atom. The van der Waals surface area contributed by atoms with E-state index in [4.69, 9.17) is 0 Å². The summed E-state index contributed by atoms with van der Waals surface area (Å²) in [5, 5.41) is 3.34. The fourth-order valence-corrected chi connectivity index (χ4v) is 2.45. The Bertz CT molecular complexity index is 464. The lowest BCUT2D eigenvalue weighted by atomic mass is 9.67. The van der Waals surface area contributed by atoms with Crippen molar-refractivity contribution in [1.29, 1.82) is 0 Å². The molecule has 2 rings (SSSR count). The SMILES string of the molecule is CCC1(CNc2cc(C)nc(C(=O)OC)n2)CCC1. The Morgan fingerprint density at radius 2 is 2.21 bits per heavy atom. The first-order valence-corrected chi connectivity index (χ1v) is 6.76. The zero-order valence-corrected chi connectivity index (χ0v) is 11.8. The number of aromatic nitrogens is 2. The van der Waals surface area contributed by atoms with E-state index in [1.54, 1.807) is 0 Å². The molecule has 0 amide bonds. The Hall–Kier alpha value is -1.65. The molecule has 5 heteroatoms. The highest BCUT2D eigenvalue weighted by molar-refractivity contribution is 5.85. The molecule has 19 heavy (non-hydrogen) atoms. The lowest BCUT2D eigenvalue weighted by molar-refractivity contribution is 0.0586. The van der Waals surface area contributed by atoms with Crippen LogP contribution in [0.3, 0.4) is 0 Å². The van der Waals surface area contributed by atoms with Crippen molar-refractivity contribution >= 4 is 11.8 Å². The average Bonchev–Trinajstić information content (AvgIpc) is 2.36. The van der Waals surface area contributed by atoms with Gasteiger partial charge in [-0.2, -0.15) is 0 Å². The van der Waals surface area contributed by atoms with E-state index in [2.05, 4.69) is 26.9 Å². The van der Waals surface area contributed by atoms with E-state index >= 15 is 0 Å². The third kappa shape index (κ3) is 3.03. The van der Waals surface area contributed by atoms with Crippen molar-refractivity contribution in [2.75, 3.05) is 19.0 Å². The Labute approximate surface area is 113 Å². The van der Waals surface area contributed by atoms with Crippen molar-refractivity contribution in [3.63, 3.8) is 0 Å². The summed E-state index contributed by atoms with van der Waals surface area (Å²) in [6.07, 6.45) is 5.02. The molecule has 1 N–H and O–H groups in total. The number of rotatable bonds is 5. The minimum absolute atomic E-state index is 0.115. The molecule has 0 spiro atoms. The van der Waals surface area contributed by atoms with Gasteiger partial charge < -0.3 is 10.1 Å². The van der Waals surface area contributed by atoms with Crippen LogP contribution in [0.4, 0.5) is 5.82 Å². The molecule has 1 heterocycles. The van der Waals surface area contributed by atoms with Gasteiger partial charge in [-0.15, -0.1) is 0 Å². The topological polar surface area (TPSA) is 64.1 Å². The van der Waals surface area contributed by atoms with E-state index in [0.717, 1.165) is 12.2 Å². The zero-order chi connectivity index (χ0) is 13.9. The number of nitrogens with one attached hydrogen (secondary N) is 1. The third-order valence-corrected chi connectivity index (χ3v) is 4.03. The molecule has 1 aromatic heterocycles. The average molecular weight is 263 g/mol.